The predicted octanol–water partition coefficient (Wildman–Crippen LogP) is 2.26. The lowest BCUT2D eigenvalue weighted by atomic mass is 10.2. The third-order valence-corrected chi connectivity index (χ3v) is 3.12. The van der Waals surface area contributed by atoms with Gasteiger partial charge in [-0.1, -0.05) is 11.6 Å². The van der Waals surface area contributed by atoms with E-state index < -0.39 is 18.6 Å². The molecule has 0 spiro atoms. The maximum atomic E-state index is 12.3. The number of amides is 1. The summed E-state index contributed by atoms with van der Waals surface area (Å²) in [5.41, 5.74) is 0.223. The van der Waals surface area contributed by atoms with Gasteiger partial charge >= 0.3 is 12.6 Å². The summed E-state index contributed by atoms with van der Waals surface area (Å²) in [5, 5.41) is 2.76. The lowest BCUT2D eigenvalue weighted by Crippen LogP contribution is -2.34. The molecule has 0 unspecified atom stereocenters. The molecule has 1 aliphatic rings. The maximum Gasteiger partial charge on any atom is 0.387 e. The second-order valence-corrected chi connectivity index (χ2v) is 4.83. The number of hydrogen-bond acceptors (Lipinski definition) is 4. The van der Waals surface area contributed by atoms with Gasteiger partial charge in [-0.15, -0.1) is 0 Å². The largest absolute Gasteiger partial charge is 0.459 e. The minimum Gasteiger partial charge on any atom is -0.459 e. The molecule has 1 atom stereocenters. The van der Waals surface area contributed by atoms with Gasteiger partial charge in [0.25, 0.3) is 0 Å². The quantitative estimate of drug-likeness (QED) is 0.846. The average Bonchev–Trinajstić information content (AvgIpc) is 2.85. The van der Waals surface area contributed by atoms with Crippen molar-refractivity contribution in [2.24, 2.45) is 0 Å². The molecule has 1 saturated heterocycles. The summed E-state index contributed by atoms with van der Waals surface area (Å²) in [6, 6.07) is 3.34. The van der Waals surface area contributed by atoms with Crippen molar-refractivity contribution in [2.45, 2.75) is 32.1 Å². The van der Waals surface area contributed by atoms with Gasteiger partial charge in [-0.05, 0) is 24.6 Å². The number of hydrogen-bond donors (Lipinski definition) is 1. The van der Waals surface area contributed by atoms with Crippen LogP contribution < -0.4 is 10.1 Å². The van der Waals surface area contributed by atoms with Crippen LogP contribution >= 0.6 is 11.6 Å². The van der Waals surface area contributed by atoms with Crippen molar-refractivity contribution >= 4 is 23.5 Å². The Morgan fingerprint density at radius 1 is 1.48 bits per heavy atom. The van der Waals surface area contributed by atoms with E-state index in [2.05, 4.69) is 10.1 Å². The molecule has 5 nitrogen and oxygen atoms in total. The molecule has 1 fully saturated rings. The Kier molecular flexibility index (Phi) is 4.95. The lowest BCUT2D eigenvalue weighted by Gasteiger charge is -2.13. The van der Waals surface area contributed by atoms with Crippen LogP contribution in [-0.4, -0.2) is 24.5 Å². The van der Waals surface area contributed by atoms with Crippen LogP contribution in [0.15, 0.2) is 18.2 Å². The van der Waals surface area contributed by atoms with E-state index in [1.54, 1.807) is 0 Å². The summed E-state index contributed by atoms with van der Waals surface area (Å²) < 4.78 is 33.9. The van der Waals surface area contributed by atoms with Crippen molar-refractivity contribution in [1.29, 1.82) is 0 Å². The molecule has 114 valence electrons. The summed E-state index contributed by atoms with van der Waals surface area (Å²) in [4.78, 5) is 22.7. The Balaban J connectivity index is 2.00. The first-order chi connectivity index (χ1) is 9.95. The smallest absolute Gasteiger partial charge is 0.387 e. The lowest BCUT2D eigenvalue weighted by molar-refractivity contribution is -0.147. The van der Waals surface area contributed by atoms with Crippen molar-refractivity contribution in [3.8, 4) is 5.75 Å². The first-order valence-electron chi connectivity index (χ1n) is 6.15. The predicted molar refractivity (Wildman–Crippen MR) is 69.0 cm³/mol. The highest BCUT2D eigenvalue weighted by Gasteiger charge is 2.28. The van der Waals surface area contributed by atoms with Crippen molar-refractivity contribution in [3.63, 3.8) is 0 Å². The Hall–Kier alpha value is -1.89. The van der Waals surface area contributed by atoms with Crippen LogP contribution in [0.4, 0.5) is 8.78 Å². The molecule has 1 N–H and O–H groups in total. The molecule has 1 heterocycles. The van der Waals surface area contributed by atoms with Crippen LogP contribution in [0.2, 0.25) is 5.02 Å². The molecule has 1 aromatic rings. The number of benzene rings is 1. The van der Waals surface area contributed by atoms with Gasteiger partial charge in [-0.2, -0.15) is 8.78 Å². The van der Waals surface area contributed by atoms with Gasteiger partial charge in [0.05, 0.1) is 0 Å². The molecule has 2 rings (SSSR count). The molecule has 0 saturated carbocycles. The number of rotatable bonds is 5. The van der Waals surface area contributed by atoms with Crippen LogP contribution in [0, 0.1) is 0 Å². The van der Waals surface area contributed by atoms with Crippen LogP contribution in [0.5, 0.6) is 5.75 Å². The number of carbonyl (C=O) groups is 2. The van der Waals surface area contributed by atoms with Gasteiger partial charge in [0.15, 0.2) is 0 Å². The van der Waals surface area contributed by atoms with Gasteiger partial charge in [0.1, 0.15) is 18.4 Å². The molecule has 1 amide bonds. The van der Waals surface area contributed by atoms with Gasteiger partial charge < -0.3 is 14.8 Å². The van der Waals surface area contributed by atoms with E-state index in [0.717, 1.165) is 0 Å². The number of halogens is 3. The van der Waals surface area contributed by atoms with Crippen LogP contribution in [0.1, 0.15) is 18.4 Å². The zero-order valence-corrected chi connectivity index (χ0v) is 11.5. The van der Waals surface area contributed by atoms with Crippen molar-refractivity contribution in [2.75, 3.05) is 0 Å². The number of esters is 1. The first kappa shape index (κ1) is 15.5. The van der Waals surface area contributed by atoms with E-state index >= 15 is 0 Å². The van der Waals surface area contributed by atoms with Crippen LogP contribution in [-0.2, 0) is 20.9 Å². The molecule has 0 radical (unpaired) electrons. The number of alkyl halides is 2. The molecule has 8 heteroatoms. The standard InChI is InChI=1S/C13H12ClF2NO4/c14-8-1-3-10(21-13(15)16)7(5-8)6-20-12(19)9-2-4-11(18)17-9/h1,3,5,9,13H,2,4,6H2,(H,17,18)/t9-/m1/s1. The highest BCUT2D eigenvalue weighted by molar-refractivity contribution is 6.30. The molecule has 0 aromatic heterocycles. The second-order valence-electron chi connectivity index (χ2n) is 4.40. The fraction of sp³-hybridized carbons (Fsp3) is 0.385. The summed E-state index contributed by atoms with van der Waals surface area (Å²) in [7, 11) is 0. The minimum atomic E-state index is -2.99. The van der Waals surface area contributed by atoms with E-state index in [9.17, 15) is 18.4 Å². The van der Waals surface area contributed by atoms with E-state index in [4.69, 9.17) is 16.3 Å². The molecule has 1 aliphatic heterocycles. The van der Waals surface area contributed by atoms with Crippen molar-refractivity contribution < 1.29 is 27.8 Å². The maximum absolute atomic E-state index is 12.3. The Morgan fingerprint density at radius 3 is 2.86 bits per heavy atom. The van der Waals surface area contributed by atoms with Crippen molar-refractivity contribution in [3.05, 3.63) is 28.8 Å². The highest BCUT2D eigenvalue weighted by atomic mass is 35.5. The number of carbonyl (C=O) groups excluding carboxylic acids is 2. The van der Waals surface area contributed by atoms with Gasteiger partial charge in [0, 0.05) is 17.0 Å². The fourth-order valence-corrected chi connectivity index (χ4v) is 2.11. The second kappa shape index (κ2) is 6.71. The highest BCUT2D eigenvalue weighted by Crippen LogP contribution is 2.25. The summed E-state index contributed by atoms with van der Waals surface area (Å²) in [6.45, 7) is -3.26. The molecular weight excluding hydrogens is 308 g/mol. The van der Waals surface area contributed by atoms with Gasteiger partial charge in [-0.3, -0.25) is 4.79 Å². The minimum absolute atomic E-state index is 0.113. The van der Waals surface area contributed by atoms with Gasteiger partial charge in [0.2, 0.25) is 5.91 Å². The van der Waals surface area contributed by atoms with E-state index in [1.807, 2.05) is 0 Å². The number of nitrogens with one attached hydrogen (secondary N) is 1. The van der Waals surface area contributed by atoms with Gasteiger partial charge in [-0.25, -0.2) is 4.79 Å². The molecule has 0 bridgehead atoms. The Labute approximate surface area is 124 Å². The molecule has 1 aromatic carbocycles. The molecule has 0 aliphatic carbocycles. The van der Waals surface area contributed by atoms with Crippen LogP contribution in [0.25, 0.3) is 0 Å². The van der Waals surface area contributed by atoms with Crippen LogP contribution in [0.3, 0.4) is 0 Å². The van der Waals surface area contributed by atoms with E-state index in [1.165, 1.54) is 18.2 Å². The summed E-state index contributed by atoms with van der Waals surface area (Å²) in [5.74, 6) is -0.956. The number of ether oxygens (including phenoxy) is 2. The first-order valence-corrected chi connectivity index (χ1v) is 6.52. The topological polar surface area (TPSA) is 64.6 Å². The average molecular weight is 320 g/mol. The van der Waals surface area contributed by atoms with Crippen molar-refractivity contribution in [1.82, 2.24) is 5.32 Å². The van der Waals surface area contributed by atoms with E-state index in [-0.39, 0.29) is 30.2 Å². The third kappa shape index (κ3) is 4.29. The fourth-order valence-electron chi connectivity index (χ4n) is 1.91. The third-order valence-electron chi connectivity index (χ3n) is 2.89. The Morgan fingerprint density at radius 2 is 2.24 bits per heavy atom. The zero-order chi connectivity index (χ0) is 15.4. The molecule has 21 heavy (non-hydrogen) atoms. The monoisotopic (exact) mass is 319 g/mol. The summed E-state index contributed by atoms with van der Waals surface area (Å²) in [6.07, 6.45) is 0.615. The SMILES string of the molecule is O=C1CC[C@H](C(=O)OCc2cc(Cl)ccc2OC(F)F)N1. The van der Waals surface area contributed by atoms with E-state index in [0.29, 0.717) is 11.4 Å². The Bertz CT molecular complexity index is 553. The summed E-state index contributed by atoms with van der Waals surface area (Å²) >= 11 is 5.77. The zero-order valence-electron chi connectivity index (χ0n) is 10.8. The molecular formula is C13H12ClF2NO4. The normalized spacial score (nSPS) is 17.7.